The van der Waals surface area contributed by atoms with E-state index in [0.717, 1.165) is 19.3 Å². The predicted molar refractivity (Wildman–Crippen MR) is 102 cm³/mol. The van der Waals surface area contributed by atoms with Crippen LogP contribution in [0.15, 0.2) is 48.5 Å². The number of ether oxygens (including phenoxy) is 1. The van der Waals surface area contributed by atoms with Crippen molar-refractivity contribution in [1.29, 1.82) is 0 Å². The monoisotopic (exact) mass is 372 g/mol. The number of methoxy groups -OCH3 is 1. The van der Waals surface area contributed by atoms with Gasteiger partial charge >= 0.3 is 6.03 Å². The molecule has 0 aliphatic carbocycles. The van der Waals surface area contributed by atoms with Gasteiger partial charge in [-0.25, -0.2) is 9.69 Å². The van der Waals surface area contributed by atoms with E-state index in [1.807, 2.05) is 6.07 Å². The van der Waals surface area contributed by atoms with Gasteiger partial charge in [0, 0.05) is 18.1 Å². The van der Waals surface area contributed by atoms with E-state index in [0.29, 0.717) is 29.5 Å². The number of hydrogen-bond donors (Lipinski definition) is 0. The van der Waals surface area contributed by atoms with Crippen molar-refractivity contribution in [3.63, 3.8) is 0 Å². The lowest BCUT2D eigenvalue weighted by Gasteiger charge is -2.32. The summed E-state index contributed by atoms with van der Waals surface area (Å²) in [6.45, 7) is 1.31. The van der Waals surface area contributed by atoms with Gasteiger partial charge in [-0.1, -0.05) is 29.8 Å². The van der Waals surface area contributed by atoms with E-state index < -0.39 is 5.91 Å². The van der Waals surface area contributed by atoms with E-state index in [1.165, 1.54) is 18.1 Å². The molecule has 3 rings (SSSR count). The maximum atomic E-state index is 13.3. The predicted octanol–water partition coefficient (Wildman–Crippen LogP) is 4.60. The molecule has 0 bridgehead atoms. The average molecular weight is 373 g/mol. The van der Waals surface area contributed by atoms with E-state index in [-0.39, 0.29) is 11.6 Å². The van der Waals surface area contributed by atoms with Crippen molar-refractivity contribution in [2.24, 2.45) is 0 Å². The van der Waals surface area contributed by atoms with Crippen LogP contribution in [-0.4, -0.2) is 37.0 Å². The molecule has 2 aromatic rings. The second-order valence-corrected chi connectivity index (χ2v) is 6.59. The van der Waals surface area contributed by atoms with Crippen LogP contribution in [0.1, 0.15) is 29.6 Å². The lowest BCUT2D eigenvalue weighted by Crippen LogP contribution is -2.48. The molecule has 1 aliphatic heterocycles. The van der Waals surface area contributed by atoms with Gasteiger partial charge in [-0.05, 0) is 49.6 Å². The summed E-state index contributed by atoms with van der Waals surface area (Å²) in [5.74, 6) is -0.0714. The smallest absolute Gasteiger partial charge is 0.331 e. The number of para-hydroxylation sites is 1. The van der Waals surface area contributed by atoms with Crippen molar-refractivity contribution in [2.75, 3.05) is 25.1 Å². The molecule has 1 saturated heterocycles. The first-order valence-corrected chi connectivity index (χ1v) is 9.01. The Morgan fingerprint density at radius 3 is 2.38 bits per heavy atom. The van der Waals surface area contributed by atoms with E-state index >= 15 is 0 Å². The highest BCUT2D eigenvalue weighted by atomic mass is 35.5. The fraction of sp³-hybridized carbons (Fsp3) is 0.300. The number of urea groups is 1. The highest BCUT2D eigenvalue weighted by molar-refractivity contribution is 6.31. The van der Waals surface area contributed by atoms with Crippen LogP contribution in [0.3, 0.4) is 0 Å². The number of rotatable bonds is 3. The van der Waals surface area contributed by atoms with Crippen LogP contribution in [0.4, 0.5) is 10.5 Å². The van der Waals surface area contributed by atoms with Crippen molar-refractivity contribution in [3.8, 4) is 5.75 Å². The van der Waals surface area contributed by atoms with Crippen LogP contribution in [0, 0.1) is 0 Å². The highest BCUT2D eigenvalue weighted by Gasteiger charge is 2.31. The second kappa shape index (κ2) is 8.23. The third-order valence-corrected chi connectivity index (χ3v) is 4.66. The lowest BCUT2D eigenvalue weighted by molar-refractivity contribution is 0.0980. The quantitative estimate of drug-likeness (QED) is 0.791. The number of imide groups is 1. The third-order valence-electron chi connectivity index (χ3n) is 4.43. The van der Waals surface area contributed by atoms with E-state index in [4.69, 9.17) is 16.3 Å². The molecular weight excluding hydrogens is 352 g/mol. The fourth-order valence-electron chi connectivity index (χ4n) is 3.09. The maximum Gasteiger partial charge on any atom is 0.331 e. The zero-order valence-electron chi connectivity index (χ0n) is 14.7. The van der Waals surface area contributed by atoms with Crippen molar-refractivity contribution in [3.05, 3.63) is 59.1 Å². The molecule has 1 fully saturated rings. The van der Waals surface area contributed by atoms with Crippen LogP contribution in [0.5, 0.6) is 5.75 Å². The van der Waals surface area contributed by atoms with Gasteiger partial charge in [0.05, 0.1) is 18.4 Å². The van der Waals surface area contributed by atoms with Crippen molar-refractivity contribution >= 4 is 29.2 Å². The number of piperidine rings is 1. The van der Waals surface area contributed by atoms with Crippen LogP contribution in [0.25, 0.3) is 0 Å². The molecule has 1 heterocycles. The summed E-state index contributed by atoms with van der Waals surface area (Å²) in [5.41, 5.74) is 0.782. The Morgan fingerprint density at radius 2 is 1.73 bits per heavy atom. The molecule has 26 heavy (non-hydrogen) atoms. The third kappa shape index (κ3) is 3.83. The number of carbonyl (C=O) groups excluding carboxylic acids is 2. The summed E-state index contributed by atoms with van der Waals surface area (Å²) in [5, 5.41) is 0.410. The van der Waals surface area contributed by atoms with E-state index in [1.54, 1.807) is 41.3 Å². The maximum absolute atomic E-state index is 13.3. The summed E-state index contributed by atoms with van der Waals surface area (Å²) in [4.78, 5) is 29.4. The average Bonchev–Trinajstić information content (AvgIpc) is 2.69. The Labute approximate surface area is 158 Å². The molecule has 0 atom stereocenters. The molecule has 0 saturated carbocycles. The van der Waals surface area contributed by atoms with Gasteiger partial charge < -0.3 is 9.64 Å². The molecule has 0 radical (unpaired) electrons. The Kier molecular flexibility index (Phi) is 5.78. The lowest BCUT2D eigenvalue weighted by atomic mass is 10.1. The van der Waals surface area contributed by atoms with Crippen LogP contribution in [0.2, 0.25) is 5.02 Å². The minimum Gasteiger partial charge on any atom is -0.496 e. The zero-order valence-corrected chi connectivity index (χ0v) is 15.4. The largest absolute Gasteiger partial charge is 0.496 e. The minimum absolute atomic E-state index is 0.259. The van der Waals surface area contributed by atoms with Crippen molar-refractivity contribution < 1.29 is 14.3 Å². The van der Waals surface area contributed by atoms with Gasteiger partial charge in [-0.3, -0.25) is 4.79 Å². The van der Waals surface area contributed by atoms with E-state index in [2.05, 4.69) is 0 Å². The number of carbonyl (C=O) groups is 2. The molecule has 5 nitrogen and oxygen atoms in total. The summed E-state index contributed by atoms with van der Waals surface area (Å²) in [7, 11) is 1.49. The zero-order chi connectivity index (χ0) is 18.5. The van der Waals surface area contributed by atoms with Gasteiger partial charge in [0.1, 0.15) is 5.75 Å². The number of benzene rings is 2. The molecule has 1 aliphatic rings. The Bertz CT molecular complexity index is 789. The summed E-state index contributed by atoms with van der Waals surface area (Å²) in [6.07, 6.45) is 3.00. The molecule has 136 valence electrons. The standard InChI is InChI=1S/C20H21ClN2O3/c1-26-18-11-10-15(21)14-17(18)19(24)23(16-8-4-2-5-9-16)20(25)22-12-6-3-7-13-22/h2,4-5,8-11,14H,3,6-7,12-13H2,1H3. The Balaban J connectivity index is 2.02. The van der Waals surface area contributed by atoms with Crippen molar-refractivity contribution in [2.45, 2.75) is 19.3 Å². The van der Waals surface area contributed by atoms with Crippen molar-refractivity contribution in [1.82, 2.24) is 4.90 Å². The SMILES string of the molecule is COc1ccc(Cl)cc1C(=O)N(C(=O)N1CCCCC1)c1ccccc1. The summed E-state index contributed by atoms with van der Waals surface area (Å²) >= 11 is 6.08. The number of hydrogen-bond acceptors (Lipinski definition) is 3. The van der Waals surface area contributed by atoms with Gasteiger partial charge in [0.2, 0.25) is 0 Å². The van der Waals surface area contributed by atoms with Gasteiger partial charge in [-0.15, -0.1) is 0 Å². The Morgan fingerprint density at radius 1 is 1.04 bits per heavy atom. The molecule has 0 spiro atoms. The van der Waals surface area contributed by atoms with Gasteiger partial charge in [-0.2, -0.15) is 0 Å². The number of nitrogens with zero attached hydrogens (tertiary/aromatic N) is 2. The molecular formula is C20H21ClN2O3. The summed E-state index contributed by atoms with van der Waals surface area (Å²) in [6, 6.07) is 13.4. The van der Waals surface area contributed by atoms with Crippen LogP contribution >= 0.6 is 11.6 Å². The van der Waals surface area contributed by atoms with Gasteiger partial charge in [0.15, 0.2) is 0 Å². The molecule has 0 N–H and O–H groups in total. The van der Waals surface area contributed by atoms with E-state index in [9.17, 15) is 9.59 Å². The molecule has 6 heteroatoms. The highest BCUT2D eigenvalue weighted by Crippen LogP contribution is 2.27. The summed E-state index contributed by atoms with van der Waals surface area (Å²) < 4.78 is 5.30. The molecule has 2 aromatic carbocycles. The fourth-order valence-corrected chi connectivity index (χ4v) is 3.26. The number of amides is 3. The number of halogens is 1. The first-order chi connectivity index (χ1) is 12.6. The first-order valence-electron chi connectivity index (χ1n) is 8.64. The molecule has 0 aromatic heterocycles. The van der Waals surface area contributed by atoms with Gasteiger partial charge in [0.25, 0.3) is 5.91 Å². The Hall–Kier alpha value is -2.53. The second-order valence-electron chi connectivity index (χ2n) is 6.15. The number of anilines is 1. The number of likely N-dealkylation sites (tertiary alicyclic amines) is 1. The molecule has 0 unspecified atom stereocenters. The molecule has 3 amide bonds. The first kappa shape index (κ1) is 18.3. The van der Waals surface area contributed by atoms with Crippen LogP contribution < -0.4 is 9.64 Å². The van der Waals surface area contributed by atoms with Crippen LogP contribution in [-0.2, 0) is 0 Å². The minimum atomic E-state index is -0.453. The normalized spacial score (nSPS) is 14.0. The topological polar surface area (TPSA) is 49.9 Å².